The molecule has 0 radical (unpaired) electrons. The van der Waals surface area contributed by atoms with Crippen molar-refractivity contribution >= 4 is 43.2 Å². The van der Waals surface area contributed by atoms with E-state index in [4.69, 9.17) is 10.5 Å². The van der Waals surface area contributed by atoms with Crippen LogP contribution in [0.15, 0.2) is 97.1 Å². The first-order valence-electron chi connectivity index (χ1n) is 19.5. The van der Waals surface area contributed by atoms with Crippen LogP contribution in [0.1, 0.15) is 107 Å². The summed E-state index contributed by atoms with van der Waals surface area (Å²) < 4.78 is 61.7. The van der Waals surface area contributed by atoms with Gasteiger partial charge >= 0.3 is 5.97 Å². The summed E-state index contributed by atoms with van der Waals surface area (Å²) in [7, 11) is -5.62. The number of benzene rings is 4. The van der Waals surface area contributed by atoms with Gasteiger partial charge in [0.2, 0.25) is 20.0 Å². The normalized spacial score (nSPS) is 15.3. The molecule has 56 heavy (non-hydrogen) atoms. The Morgan fingerprint density at radius 3 is 1.36 bits per heavy atom. The Labute approximate surface area is 333 Å². The highest BCUT2D eigenvalue weighted by Crippen LogP contribution is 2.33. The molecule has 10 nitrogen and oxygen atoms in total. The summed E-state index contributed by atoms with van der Waals surface area (Å²) in [4.78, 5) is 23.4. The minimum Gasteiger partial charge on any atom is -0.465 e. The summed E-state index contributed by atoms with van der Waals surface area (Å²) in [5.74, 6) is -0.533. The van der Waals surface area contributed by atoms with E-state index in [2.05, 4.69) is 0 Å². The number of anilines is 2. The molecule has 2 aliphatic rings. The van der Waals surface area contributed by atoms with E-state index in [0.717, 1.165) is 60.8 Å². The zero-order chi connectivity index (χ0) is 40.3. The third-order valence-electron chi connectivity index (χ3n) is 10.6. The van der Waals surface area contributed by atoms with Crippen molar-refractivity contribution in [3.05, 3.63) is 130 Å². The van der Waals surface area contributed by atoms with Crippen LogP contribution in [0.2, 0.25) is 0 Å². The minimum atomic E-state index is -3.48. The molecule has 2 fully saturated rings. The molecule has 2 aliphatic carbocycles. The van der Waals surface area contributed by atoms with E-state index in [1.807, 2.05) is 74.5 Å². The van der Waals surface area contributed by atoms with Gasteiger partial charge in [0.15, 0.2) is 5.78 Å². The molecule has 0 spiro atoms. The van der Waals surface area contributed by atoms with Crippen molar-refractivity contribution in [3.63, 3.8) is 0 Å². The summed E-state index contributed by atoms with van der Waals surface area (Å²) in [6, 6.07) is 29.1. The number of methoxy groups -OCH3 is 1. The Bertz CT molecular complexity index is 1990. The maximum absolute atomic E-state index is 13.5. The van der Waals surface area contributed by atoms with Gasteiger partial charge in [0.25, 0.3) is 0 Å². The van der Waals surface area contributed by atoms with Crippen molar-refractivity contribution in [1.82, 2.24) is 0 Å². The smallest absolute Gasteiger partial charge is 0.337 e. The van der Waals surface area contributed by atoms with Crippen LogP contribution in [0.3, 0.4) is 0 Å². The number of sulfonamides is 2. The summed E-state index contributed by atoms with van der Waals surface area (Å²) in [6.07, 6.45) is 8.90. The molecule has 6 rings (SSSR count). The first kappa shape index (κ1) is 42.6. The highest BCUT2D eigenvalue weighted by molar-refractivity contribution is 7.93. The van der Waals surface area contributed by atoms with Gasteiger partial charge in [-0.15, -0.1) is 0 Å². The van der Waals surface area contributed by atoms with Gasteiger partial charge in [-0.3, -0.25) is 13.4 Å². The van der Waals surface area contributed by atoms with E-state index >= 15 is 0 Å². The average Bonchev–Trinajstić information content (AvgIpc) is 3.22. The molecule has 0 atom stereocenters. The molecule has 0 aliphatic heterocycles. The highest BCUT2D eigenvalue weighted by atomic mass is 32.2. The molecule has 300 valence electrons. The lowest BCUT2D eigenvalue weighted by molar-refractivity contribution is 0.0600. The standard InChI is InChI=1S/C22H28N2O3S.C22H27NO4S/c1-17-6-5-7-20(14-17)24(28(26,27)21-8-3-2-4-9-21)16-18-10-12-19(13-11-18)22(25)15-23;1-17-7-6-8-20(15-17)23(28(25,26)21-9-4-3-5-10-21)16-18-11-13-19(14-12-18)22(24)27-2/h5-7,10-14,21H,2-4,8-9,15-16,23H2,1H3;6-8,11-15,21H,3-5,9-10,16H2,1-2H3. The molecule has 0 heterocycles. The van der Waals surface area contributed by atoms with Crippen molar-refractivity contribution in [2.75, 3.05) is 22.3 Å². The Kier molecular flexibility index (Phi) is 14.9. The number of ether oxygens (including phenoxy) is 1. The number of hydrogen-bond donors (Lipinski definition) is 1. The first-order chi connectivity index (χ1) is 26.8. The SMILES string of the molecule is COC(=O)c1ccc(CN(c2cccc(C)c2)S(=O)(=O)C2CCCCC2)cc1.Cc1cccc(N(Cc2ccc(C(=O)CN)cc2)S(=O)(=O)C2CCCCC2)c1. The molecule has 0 unspecified atom stereocenters. The number of hydrogen-bond acceptors (Lipinski definition) is 8. The van der Waals surface area contributed by atoms with Crippen LogP contribution in [0.4, 0.5) is 11.4 Å². The maximum Gasteiger partial charge on any atom is 0.337 e. The average molecular weight is 802 g/mol. The fourth-order valence-corrected chi connectivity index (χ4v) is 11.5. The van der Waals surface area contributed by atoms with E-state index in [1.165, 1.54) is 15.7 Å². The van der Waals surface area contributed by atoms with Gasteiger partial charge in [0.1, 0.15) is 0 Å². The predicted molar refractivity (Wildman–Crippen MR) is 224 cm³/mol. The number of Topliss-reactive ketones (excluding diaryl/α,β-unsaturated/α-hetero) is 1. The second kappa shape index (κ2) is 19.6. The van der Waals surface area contributed by atoms with Crippen LogP contribution in [-0.4, -0.2) is 52.7 Å². The number of ketones is 1. The predicted octanol–water partition coefficient (Wildman–Crippen LogP) is 8.26. The first-order valence-corrected chi connectivity index (χ1v) is 22.5. The highest BCUT2D eigenvalue weighted by Gasteiger charge is 2.35. The van der Waals surface area contributed by atoms with E-state index in [0.29, 0.717) is 48.2 Å². The van der Waals surface area contributed by atoms with Crippen LogP contribution in [0.5, 0.6) is 0 Å². The fourth-order valence-electron chi connectivity index (χ4n) is 7.42. The zero-order valence-electron chi connectivity index (χ0n) is 32.7. The number of carbonyl (C=O) groups is 2. The fraction of sp³-hybridized carbons (Fsp3) is 0.409. The van der Waals surface area contributed by atoms with E-state index in [9.17, 15) is 26.4 Å². The van der Waals surface area contributed by atoms with Gasteiger partial charge in [-0.2, -0.15) is 0 Å². The van der Waals surface area contributed by atoms with Crippen molar-refractivity contribution < 1.29 is 31.2 Å². The second-order valence-corrected chi connectivity index (χ2v) is 19.1. The van der Waals surface area contributed by atoms with Crippen LogP contribution >= 0.6 is 0 Å². The lowest BCUT2D eigenvalue weighted by Crippen LogP contribution is -2.39. The monoisotopic (exact) mass is 801 g/mol. The molecule has 0 amide bonds. The Hall–Kier alpha value is -4.52. The Balaban J connectivity index is 0.000000214. The summed E-state index contributed by atoms with van der Waals surface area (Å²) in [5.41, 5.74) is 11.5. The number of carbonyl (C=O) groups excluding carboxylic acids is 2. The van der Waals surface area contributed by atoms with E-state index in [1.54, 1.807) is 36.4 Å². The van der Waals surface area contributed by atoms with Crippen molar-refractivity contribution in [3.8, 4) is 0 Å². The number of rotatable bonds is 13. The van der Waals surface area contributed by atoms with Crippen LogP contribution in [0, 0.1) is 13.8 Å². The third kappa shape index (κ3) is 10.9. The Morgan fingerprint density at radius 2 is 1.00 bits per heavy atom. The molecular formula is C44H55N3O7S2. The largest absolute Gasteiger partial charge is 0.465 e. The molecule has 0 bridgehead atoms. The van der Waals surface area contributed by atoms with E-state index in [-0.39, 0.29) is 35.9 Å². The van der Waals surface area contributed by atoms with Crippen molar-refractivity contribution in [1.29, 1.82) is 0 Å². The van der Waals surface area contributed by atoms with Gasteiger partial charge in [-0.25, -0.2) is 21.6 Å². The minimum absolute atomic E-state index is 0.0369. The van der Waals surface area contributed by atoms with Crippen molar-refractivity contribution in [2.45, 2.75) is 102 Å². The van der Waals surface area contributed by atoms with Crippen LogP contribution < -0.4 is 14.3 Å². The van der Waals surface area contributed by atoms with E-state index < -0.39 is 26.0 Å². The summed E-state index contributed by atoms with van der Waals surface area (Å²) >= 11 is 0. The van der Waals surface area contributed by atoms with Crippen LogP contribution in [0.25, 0.3) is 0 Å². The molecule has 4 aromatic carbocycles. The molecule has 4 aromatic rings. The van der Waals surface area contributed by atoms with Gasteiger partial charge in [0, 0.05) is 5.56 Å². The summed E-state index contributed by atoms with van der Waals surface area (Å²) in [5, 5.41) is -0.670. The van der Waals surface area contributed by atoms with Gasteiger partial charge in [-0.1, -0.05) is 99.2 Å². The van der Waals surface area contributed by atoms with Crippen LogP contribution in [-0.2, 0) is 37.9 Å². The molecule has 2 saturated carbocycles. The number of nitrogens with zero attached hydrogens (tertiary/aromatic N) is 2. The van der Waals surface area contributed by atoms with Gasteiger partial charge < -0.3 is 10.5 Å². The molecule has 0 saturated heterocycles. The van der Waals surface area contributed by atoms with Gasteiger partial charge in [0.05, 0.1) is 54.2 Å². The number of nitrogens with two attached hydrogens (primary N) is 1. The molecular weight excluding hydrogens is 747 g/mol. The quantitative estimate of drug-likeness (QED) is 0.105. The number of esters is 1. The lowest BCUT2D eigenvalue weighted by atomic mass is 10.0. The maximum atomic E-state index is 13.5. The second-order valence-electron chi connectivity index (χ2n) is 14.8. The van der Waals surface area contributed by atoms with Gasteiger partial charge in [-0.05, 0) is 98.2 Å². The Morgan fingerprint density at radius 1 is 0.607 bits per heavy atom. The third-order valence-corrected chi connectivity index (χ3v) is 15.2. The molecule has 0 aromatic heterocycles. The molecule has 2 N–H and O–H groups in total. The zero-order valence-corrected chi connectivity index (χ0v) is 34.4. The topological polar surface area (TPSA) is 144 Å². The lowest BCUT2D eigenvalue weighted by Gasteiger charge is -2.31. The number of aryl methyl sites for hydroxylation is 2. The molecule has 12 heteroatoms. The van der Waals surface area contributed by atoms with Crippen molar-refractivity contribution in [2.24, 2.45) is 5.73 Å². The summed E-state index contributed by atoms with van der Waals surface area (Å²) in [6.45, 7) is 4.37.